The van der Waals surface area contributed by atoms with E-state index in [0.717, 1.165) is 24.1 Å². The average Bonchev–Trinajstić information content (AvgIpc) is 3.13. The molecule has 0 radical (unpaired) electrons. The molecule has 0 fully saturated rings. The van der Waals surface area contributed by atoms with Crippen LogP contribution in [0.4, 0.5) is 5.13 Å². The Morgan fingerprint density at radius 2 is 2.48 bits per heavy atom. The number of carbonyl (C=O) groups is 1. The van der Waals surface area contributed by atoms with Gasteiger partial charge in [-0.1, -0.05) is 23.2 Å². The van der Waals surface area contributed by atoms with Crippen molar-refractivity contribution in [2.24, 2.45) is 0 Å². The molecule has 1 aliphatic rings. The van der Waals surface area contributed by atoms with Crippen LogP contribution in [0.25, 0.3) is 0 Å². The lowest BCUT2D eigenvalue weighted by Gasteiger charge is -2.21. The van der Waals surface area contributed by atoms with E-state index in [4.69, 9.17) is 5.11 Å². The minimum atomic E-state index is -0.178. The van der Waals surface area contributed by atoms with Crippen molar-refractivity contribution in [2.75, 3.05) is 11.9 Å². The smallest absolute Gasteiger partial charge is 0.233 e. The fourth-order valence-electron chi connectivity index (χ4n) is 2.47. The Morgan fingerprint density at radius 3 is 3.33 bits per heavy atom. The molecule has 0 spiro atoms. The zero-order valence-electron chi connectivity index (χ0n) is 11.3. The molecule has 1 atom stereocenters. The summed E-state index contributed by atoms with van der Waals surface area (Å²) in [6.45, 7) is -0.178. The molecule has 2 aromatic heterocycles. The molecule has 0 saturated heterocycles. The summed E-state index contributed by atoms with van der Waals surface area (Å²) in [6.07, 6.45) is 4.63. The Labute approximate surface area is 130 Å². The summed E-state index contributed by atoms with van der Waals surface area (Å²) in [5.74, 6) is 5.29. The number of anilines is 1. The molecule has 3 rings (SSSR count). The summed E-state index contributed by atoms with van der Waals surface area (Å²) < 4.78 is 0. The molecular weight excluding hydrogens is 304 g/mol. The predicted molar refractivity (Wildman–Crippen MR) is 84.7 cm³/mol. The number of carbonyl (C=O) groups excluding carboxylic acids is 1. The lowest BCUT2D eigenvalue weighted by molar-refractivity contribution is -0.117. The third kappa shape index (κ3) is 3.16. The van der Waals surface area contributed by atoms with Gasteiger partial charge in [0.15, 0.2) is 5.13 Å². The van der Waals surface area contributed by atoms with Gasteiger partial charge < -0.3 is 10.4 Å². The van der Waals surface area contributed by atoms with E-state index in [1.807, 2.05) is 0 Å². The number of nitrogens with one attached hydrogen (secondary N) is 1. The van der Waals surface area contributed by atoms with E-state index >= 15 is 0 Å². The maximum atomic E-state index is 12.4. The summed E-state index contributed by atoms with van der Waals surface area (Å²) in [5, 5.41) is 14.2. The van der Waals surface area contributed by atoms with Crippen LogP contribution in [0.5, 0.6) is 0 Å². The quantitative estimate of drug-likeness (QED) is 0.837. The highest BCUT2D eigenvalue weighted by atomic mass is 32.1. The summed E-state index contributed by atoms with van der Waals surface area (Å²) in [6, 6.07) is 2.06. The number of amides is 1. The number of nitrogens with zero attached hydrogens (tertiary/aromatic N) is 1. The maximum Gasteiger partial charge on any atom is 0.233 e. The maximum absolute atomic E-state index is 12.4. The number of fused-ring (bicyclic) bond motifs is 1. The Kier molecular flexibility index (Phi) is 4.34. The van der Waals surface area contributed by atoms with Gasteiger partial charge in [-0.25, -0.2) is 4.98 Å². The summed E-state index contributed by atoms with van der Waals surface area (Å²) in [7, 11) is 0. The largest absolute Gasteiger partial charge is 0.384 e. The number of aliphatic hydroxyl groups is 1. The number of thiophene rings is 1. The van der Waals surface area contributed by atoms with E-state index < -0.39 is 0 Å². The van der Waals surface area contributed by atoms with E-state index in [2.05, 4.69) is 33.6 Å². The van der Waals surface area contributed by atoms with Gasteiger partial charge in [-0.05, 0) is 36.3 Å². The summed E-state index contributed by atoms with van der Waals surface area (Å²) in [4.78, 5) is 18.7. The normalized spacial score (nSPS) is 16.7. The van der Waals surface area contributed by atoms with E-state index in [0.29, 0.717) is 5.13 Å². The molecule has 1 unspecified atom stereocenters. The van der Waals surface area contributed by atoms with Crippen LogP contribution in [0, 0.1) is 11.8 Å². The first kappa shape index (κ1) is 14.3. The summed E-state index contributed by atoms with van der Waals surface area (Å²) in [5.41, 5.74) is 1.17. The molecule has 4 nitrogen and oxygen atoms in total. The van der Waals surface area contributed by atoms with Crippen molar-refractivity contribution in [1.29, 1.82) is 0 Å². The third-order valence-electron chi connectivity index (χ3n) is 3.39. The van der Waals surface area contributed by atoms with Crippen molar-refractivity contribution < 1.29 is 9.90 Å². The van der Waals surface area contributed by atoms with Gasteiger partial charge in [0.05, 0.1) is 17.0 Å². The van der Waals surface area contributed by atoms with Crippen LogP contribution in [0.15, 0.2) is 17.6 Å². The molecule has 2 N–H and O–H groups in total. The number of hydrogen-bond acceptors (Lipinski definition) is 5. The minimum Gasteiger partial charge on any atom is -0.384 e. The molecule has 0 aromatic carbocycles. The molecule has 108 valence electrons. The Bertz CT molecular complexity index is 709. The first-order chi connectivity index (χ1) is 10.3. The van der Waals surface area contributed by atoms with Gasteiger partial charge in [-0.2, -0.15) is 0 Å². The lowest BCUT2D eigenvalue weighted by atomic mass is 9.87. The lowest BCUT2D eigenvalue weighted by Crippen LogP contribution is -2.23. The number of rotatable bonds is 2. The van der Waals surface area contributed by atoms with Crippen LogP contribution in [0.1, 0.15) is 34.1 Å². The van der Waals surface area contributed by atoms with Gasteiger partial charge in [0.2, 0.25) is 5.91 Å². The molecule has 0 bridgehead atoms. The Morgan fingerprint density at radius 1 is 1.57 bits per heavy atom. The second-order valence-electron chi connectivity index (χ2n) is 4.72. The molecule has 2 aromatic rings. The molecular formula is C15H14N2O2S2. The fraction of sp³-hybridized carbons (Fsp3) is 0.333. The van der Waals surface area contributed by atoms with Gasteiger partial charge in [-0.3, -0.25) is 4.79 Å². The van der Waals surface area contributed by atoms with Crippen LogP contribution in [0.3, 0.4) is 0 Å². The Balaban J connectivity index is 1.71. The van der Waals surface area contributed by atoms with Crippen molar-refractivity contribution in [1.82, 2.24) is 4.98 Å². The van der Waals surface area contributed by atoms with Crippen molar-refractivity contribution in [2.45, 2.75) is 25.2 Å². The van der Waals surface area contributed by atoms with Crippen molar-refractivity contribution in [3.8, 4) is 11.8 Å². The Hall–Kier alpha value is -1.68. The molecule has 21 heavy (non-hydrogen) atoms. The third-order valence-corrected chi connectivity index (χ3v) is 5.22. The van der Waals surface area contributed by atoms with Crippen LogP contribution in [0.2, 0.25) is 0 Å². The number of hydrogen-bond donors (Lipinski definition) is 2. The number of aryl methyl sites for hydroxylation is 1. The van der Waals surface area contributed by atoms with Crippen LogP contribution < -0.4 is 5.32 Å². The van der Waals surface area contributed by atoms with Crippen molar-refractivity contribution >= 4 is 33.7 Å². The average molecular weight is 318 g/mol. The van der Waals surface area contributed by atoms with Crippen LogP contribution in [-0.4, -0.2) is 22.6 Å². The van der Waals surface area contributed by atoms with Gasteiger partial charge in [0.1, 0.15) is 6.61 Å². The zero-order valence-corrected chi connectivity index (χ0v) is 12.9. The van der Waals surface area contributed by atoms with E-state index in [9.17, 15) is 4.79 Å². The van der Waals surface area contributed by atoms with Gasteiger partial charge in [0, 0.05) is 4.88 Å². The second-order valence-corrected chi connectivity index (χ2v) is 6.75. The topological polar surface area (TPSA) is 62.2 Å². The molecule has 0 aliphatic heterocycles. The highest BCUT2D eigenvalue weighted by molar-refractivity contribution is 7.16. The monoisotopic (exact) mass is 318 g/mol. The minimum absolute atomic E-state index is 0.00497. The van der Waals surface area contributed by atoms with Gasteiger partial charge in [-0.15, -0.1) is 11.3 Å². The number of aromatic nitrogens is 1. The van der Waals surface area contributed by atoms with E-state index in [1.165, 1.54) is 21.8 Å². The van der Waals surface area contributed by atoms with E-state index in [-0.39, 0.29) is 18.4 Å². The zero-order chi connectivity index (χ0) is 14.7. The predicted octanol–water partition coefficient (Wildman–Crippen LogP) is 2.61. The van der Waals surface area contributed by atoms with Crippen molar-refractivity contribution in [3.05, 3.63) is 33.0 Å². The van der Waals surface area contributed by atoms with E-state index in [1.54, 1.807) is 17.5 Å². The van der Waals surface area contributed by atoms with Gasteiger partial charge in [0.25, 0.3) is 0 Å². The standard InChI is InChI=1S/C15H14N2O2S2/c18-7-2-3-10-9-16-15(21-10)17-14(19)12-4-1-5-13-11(12)6-8-20-13/h6,8-9,12,18H,1,4-5,7H2,(H,16,17,19). The molecule has 6 heteroatoms. The first-order valence-corrected chi connectivity index (χ1v) is 8.40. The molecule has 0 saturated carbocycles. The highest BCUT2D eigenvalue weighted by Gasteiger charge is 2.27. The second kappa shape index (κ2) is 6.39. The number of thiazole rings is 1. The number of aliphatic hydroxyl groups excluding tert-OH is 1. The van der Waals surface area contributed by atoms with Crippen LogP contribution >= 0.6 is 22.7 Å². The highest BCUT2D eigenvalue weighted by Crippen LogP contribution is 2.35. The first-order valence-electron chi connectivity index (χ1n) is 6.70. The molecule has 1 amide bonds. The van der Waals surface area contributed by atoms with Gasteiger partial charge >= 0.3 is 0 Å². The molecule has 2 heterocycles. The fourth-order valence-corrected chi connectivity index (χ4v) is 4.15. The van der Waals surface area contributed by atoms with Crippen molar-refractivity contribution in [3.63, 3.8) is 0 Å². The summed E-state index contributed by atoms with van der Waals surface area (Å²) >= 11 is 3.05. The molecule has 1 aliphatic carbocycles. The SMILES string of the molecule is O=C(Nc1ncc(C#CCO)s1)C1CCCc2sccc21. The van der Waals surface area contributed by atoms with Crippen LogP contribution in [-0.2, 0) is 11.2 Å².